The summed E-state index contributed by atoms with van der Waals surface area (Å²) in [6, 6.07) is 4.35. The highest BCUT2D eigenvalue weighted by atomic mass is 16.3. The van der Waals surface area contributed by atoms with Crippen LogP contribution in [0.4, 0.5) is 0 Å². The van der Waals surface area contributed by atoms with Crippen LogP contribution in [0.3, 0.4) is 0 Å². The van der Waals surface area contributed by atoms with Gasteiger partial charge in [0, 0.05) is 25.3 Å². The lowest BCUT2D eigenvalue weighted by Crippen LogP contribution is -2.42. The third-order valence-electron chi connectivity index (χ3n) is 3.78. The number of hydrogen-bond donors (Lipinski definition) is 2. The maximum atomic E-state index is 10.0. The van der Waals surface area contributed by atoms with Crippen LogP contribution in [0.25, 0.3) is 0 Å². The molecule has 18 heavy (non-hydrogen) atoms. The van der Waals surface area contributed by atoms with Gasteiger partial charge in [0.05, 0.1) is 11.8 Å². The molecule has 1 aliphatic rings. The molecule has 2 unspecified atom stereocenters. The second-order valence-corrected chi connectivity index (χ2v) is 5.19. The zero-order valence-corrected chi connectivity index (χ0v) is 11.0. The molecular formula is C14H23N3O. The number of hydrogen-bond acceptors (Lipinski definition) is 4. The van der Waals surface area contributed by atoms with Crippen molar-refractivity contribution in [3.8, 4) is 0 Å². The van der Waals surface area contributed by atoms with E-state index in [0.717, 1.165) is 31.5 Å². The molecule has 0 aromatic carbocycles. The number of aromatic nitrogens is 1. The Kier molecular flexibility index (Phi) is 4.69. The van der Waals surface area contributed by atoms with E-state index in [1.807, 2.05) is 18.3 Å². The molecule has 0 spiro atoms. The van der Waals surface area contributed by atoms with Gasteiger partial charge in [0.1, 0.15) is 0 Å². The molecule has 0 bridgehead atoms. The zero-order chi connectivity index (χ0) is 13.0. The first kappa shape index (κ1) is 13.5. The Morgan fingerprint density at radius 2 is 2.22 bits per heavy atom. The van der Waals surface area contributed by atoms with Gasteiger partial charge in [-0.25, -0.2) is 0 Å². The molecule has 2 rings (SSSR count). The quantitative estimate of drug-likeness (QED) is 0.843. The van der Waals surface area contributed by atoms with Gasteiger partial charge >= 0.3 is 0 Å². The van der Waals surface area contributed by atoms with E-state index in [2.05, 4.69) is 16.9 Å². The first-order valence-electron chi connectivity index (χ1n) is 6.73. The van der Waals surface area contributed by atoms with Crippen molar-refractivity contribution in [2.24, 2.45) is 5.73 Å². The standard InChI is InChI=1S/C14H23N3O/c1-17(13-4-2-3-5-14(13)18)10-11-6-7-16-12(8-11)9-15/h6-8,13-14,18H,2-5,9-10,15H2,1H3. The zero-order valence-electron chi connectivity index (χ0n) is 11.0. The first-order valence-corrected chi connectivity index (χ1v) is 6.73. The summed E-state index contributed by atoms with van der Waals surface area (Å²) in [6.45, 7) is 1.32. The lowest BCUT2D eigenvalue weighted by Gasteiger charge is -2.35. The van der Waals surface area contributed by atoms with Crippen LogP contribution in [0.15, 0.2) is 18.3 Å². The topological polar surface area (TPSA) is 62.4 Å². The molecule has 1 heterocycles. The van der Waals surface area contributed by atoms with E-state index in [1.165, 1.54) is 12.0 Å². The third-order valence-corrected chi connectivity index (χ3v) is 3.78. The SMILES string of the molecule is CN(Cc1ccnc(CN)c1)C1CCCCC1O. The summed E-state index contributed by atoms with van der Waals surface area (Å²) < 4.78 is 0. The fourth-order valence-electron chi connectivity index (χ4n) is 2.75. The Morgan fingerprint density at radius 1 is 1.44 bits per heavy atom. The van der Waals surface area contributed by atoms with E-state index in [1.54, 1.807) is 0 Å². The van der Waals surface area contributed by atoms with E-state index in [-0.39, 0.29) is 12.1 Å². The molecule has 100 valence electrons. The average Bonchev–Trinajstić information content (AvgIpc) is 2.39. The minimum atomic E-state index is -0.181. The van der Waals surface area contributed by atoms with Gasteiger partial charge in [0.15, 0.2) is 0 Å². The summed E-state index contributed by atoms with van der Waals surface area (Å²) in [5.74, 6) is 0. The predicted molar refractivity (Wildman–Crippen MR) is 71.9 cm³/mol. The number of likely N-dealkylation sites (N-methyl/N-ethyl adjacent to an activating group) is 1. The predicted octanol–water partition coefficient (Wildman–Crippen LogP) is 1.28. The van der Waals surface area contributed by atoms with Gasteiger partial charge in [-0.05, 0) is 37.6 Å². The molecule has 0 aliphatic heterocycles. The summed E-state index contributed by atoms with van der Waals surface area (Å²) in [5.41, 5.74) is 7.73. The molecule has 1 fully saturated rings. The second kappa shape index (κ2) is 6.27. The van der Waals surface area contributed by atoms with Crippen LogP contribution in [0, 0.1) is 0 Å². The number of rotatable bonds is 4. The van der Waals surface area contributed by atoms with Crippen LogP contribution in [0.2, 0.25) is 0 Å². The van der Waals surface area contributed by atoms with Crippen molar-refractivity contribution >= 4 is 0 Å². The van der Waals surface area contributed by atoms with Crippen molar-refractivity contribution in [2.75, 3.05) is 7.05 Å². The van der Waals surface area contributed by atoms with Crippen molar-refractivity contribution in [2.45, 2.75) is 50.9 Å². The molecule has 4 heteroatoms. The highest BCUT2D eigenvalue weighted by Gasteiger charge is 2.26. The molecular weight excluding hydrogens is 226 g/mol. The summed E-state index contributed by atoms with van der Waals surface area (Å²) in [5, 5.41) is 10.0. The van der Waals surface area contributed by atoms with Gasteiger partial charge in [0.2, 0.25) is 0 Å². The van der Waals surface area contributed by atoms with Crippen molar-refractivity contribution in [1.82, 2.24) is 9.88 Å². The van der Waals surface area contributed by atoms with Crippen LogP contribution < -0.4 is 5.73 Å². The normalized spacial score (nSPS) is 24.4. The van der Waals surface area contributed by atoms with Crippen LogP contribution in [0.5, 0.6) is 0 Å². The highest BCUT2D eigenvalue weighted by molar-refractivity contribution is 5.16. The summed E-state index contributed by atoms with van der Waals surface area (Å²) in [6.07, 6.45) is 6.02. The molecule has 4 nitrogen and oxygen atoms in total. The monoisotopic (exact) mass is 249 g/mol. The Balaban J connectivity index is 1.98. The largest absolute Gasteiger partial charge is 0.391 e. The van der Waals surface area contributed by atoms with E-state index >= 15 is 0 Å². The number of aliphatic hydroxyl groups excluding tert-OH is 1. The van der Waals surface area contributed by atoms with Gasteiger partial charge in [-0.3, -0.25) is 9.88 Å². The molecule has 1 aliphatic carbocycles. The summed E-state index contributed by atoms with van der Waals surface area (Å²) >= 11 is 0. The highest BCUT2D eigenvalue weighted by Crippen LogP contribution is 2.23. The number of nitrogens with two attached hydrogens (primary N) is 1. The van der Waals surface area contributed by atoms with Crippen LogP contribution in [-0.2, 0) is 13.1 Å². The van der Waals surface area contributed by atoms with Gasteiger partial charge in [0.25, 0.3) is 0 Å². The van der Waals surface area contributed by atoms with Gasteiger partial charge in [-0.2, -0.15) is 0 Å². The smallest absolute Gasteiger partial charge is 0.0695 e. The van der Waals surface area contributed by atoms with Crippen molar-refractivity contribution in [1.29, 1.82) is 0 Å². The van der Waals surface area contributed by atoms with Gasteiger partial charge in [-0.15, -0.1) is 0 Å². The molecule has 0 saturated heterocycles. The molecule has 0 amide bonds. The third kappa shape index (κ3) is 3.28. The number of pyridine rings is 1. The van der Waals surface area contributed by atoms with Crippen molar-refractivity contribution in [3.05, 3.63) is 29.6 Å². The molecule has 1 saturated carbocycles. The minimum absolute atomic E-state index is 0.181. The Bertz CT molecular complexity index is 383. The van der Waals surface area contributed by atoms with Crippen LogP contribution in [-0.4, -0.2) is 34.2 Å². The molecule has 2 atom stereocenters. The van der Waals surface area contributed by atoms with Gasteiger partial charge in [-0.1, -0.05) is 12.8 Å². The Hall–Kier alpha value is -0.970. The van der Waals surface area contributed by atoms with Crippen molar-refractivity contribution in [3.63, 3.8) is 0 Å². The van der Waals surface area contributed by atoms with Gasteiger partial charge < -0.3 is 10.8 Å². The Labute approximate surface area is 109 Å². The summed E-state index contributed by atoms with van der Waals surface area (Å²) in [4.78, 5) is 6.45. The van der Waals surface area contributed by atoms with E-state index in [0.29, 0.717) is 6.54 Å². The lowest BCUT2D eigenvalue weighted by atomic mass is 9.91. The van der Waals surface area contributed by atoms with Crippen LogP contribution in [0.1, 0.15) is 36.9 Å². The molecule has 3 N–H and O–H groups in total. The minimum Gasteiger partial charge on any atom is -0.391 e. The fraction of sp³-hybridized carbons (Fsp3) is 0.643. The lowest BCUT2D eigenvalue weighted by molar-refractivity contribution is 0.0288. The van der Waals surface area contributed by atoms with E-state index < -0.39 is 0 Å². The Morgan fingerprint density at radius 3 is 2.94 bits per heavy atom. The molecule has 1 aromatic heterocycles. The van der Waals surface area contributed by atoms with Crippen molar-refractivity contribution < 1.29 is 5.11 Å². The average molecular weight is 249 g/mol. The first-order chi connectivity index (χ1) is 8.70. The van der Waals surface area contributed by atoms with Crippen LogP contribution >= 0.6 is 0 Å². The maximum Gasteiger partial charge on any atom is 0.0695 e. The second-order valence-electron chi connectivity index (χ2n) is 5.19. The molecule has 1 aromatic rings. The fourth-order valence-corrected chi connectivity index (χ4v) is 2.75. The van der Waals surface area contributed by atoms with E-state index in [9.17, 15) is 5.11 Å². The number of aliphatic hydroxyl groups is 1. The number of nitrogens with zero attached hydrogens (tertiary/aromatic N) is 2. The molecule has 0 radical (unpaired) electrons. The summed E-state index contributed by atoms with van der Waals surface area (Å²) in [7, 11) is 2.09. The van der Waals surface area contributed by atoms with E-state index in [4.69, 9.17) is 5.73 Å². The maximum absolute atomic E-state index is 10.0.